The number of rotatable bonds is 25. The van der Waals surface area contributed by atoms with Crippen molar-refractivity contribution in [2.75, 3.05) is 0 Å². The van der Waals surface area contributed by atoms with E-state index in [1.165, 1.54) is 6.92 Å². The fraction of sp³-hybridized carbons (Fsp3) is 0.417. The third kappa shape index (κ3) is 15.3. The molecule has 0 radical (unpaired) electrons. The SMILES string of the molecule is CC[C@H](C)[C@H](NC(=O)[C@H](Cc1ccccc1)NC(C)=O)C(=O)N[C@H](C(=O)N[C@@H](Cc1c[nH]c2ccccc12)C(=O)N[C@@H](Cc1ccccc1)C(=O)N[C@@H](CCC(=O)O)C(N)=O)[C@@H](C)CC. The van der Waals surface area contributed by atoms with Crippen molar-refractivity contribution >= 4 is 58.2 Å². The van der Waals surface area contributed by atoms with Crippen LogP contribution in [0.15, 0.2) is 91.1 Å². The van der Waals surface area contributed by atoms with Crippen LogP contribution in [-0.2, 0) is 57.6 Å². The number of nitrogens with one attached hydrogen (secondary N) is 7. The Labute approximate surface area is 378 Å². The maximum Gasteiger partial charge on any atom is 0.303 e. The second-order valence-electron chi connectivity index (χ2n) is 16.5. The molecule has 348 valence electrons. The lowest BCUT2D eigenvalue weighted by Gasteiger charge is -2.31. The van der Waals surface area contributed by atoms with E-state index < -0.39 is 102 Å². The molecule has 10 N–H and O–H groups in total. The summed E-state index contributed by atoms with van der Waals surface area (Å²) in [4.78, 5) is 110. The number of primary amides is 1. The maximum atomic E-state index is 14.5. The lowest BCUT2D eigenvalue weighted by Crippen LogP contribution is -2.62. The molecule has 7 amide bonds. The van der Waals surface area contributed by atoms with Gasteiger partial charge >= 0.3 is 5.97 Å². The molecule has 0 bridgehead atoms. The highest BCUT2D eigenvalue weighted by Crippen LogP contribution is 2.20. The predicted molar refractivity (Wildman–Crippen MR) is 245 cm³/mol. The topological polar surface area (TPSA) is 271 Å². The Morgan fingerprint density at radius 1 is 0.569 bits per heavy atom. The van der Waals surface area contributed by atoms with Crippen LogP contribution < -0.4 is 37.6 Å². The van der Waals surface area contributed by atoms with E-state index in [-0.39, 0.29) is 25.7 Å². The molecule has 4 aromatic rings. The number of amides is 7. The molecule has 1 heterocycles. The van der Waals surface area contributed by atoms with Crippen molar-refractivity contribution in [2.45, 2.75) is 116 Å². The molecule has 0 saturated carbocycles. The molecular weight excluding hydrogens is 833 g/mol. The number of para-hydroxylation sites is 1. The molecule has 0 unspecified atom stereocenters. The fourth-order valence-corrected chi connectivity index (χ4v) is 7.35. The third-order valence-electron chi connectivity index (χ3n) is 11.5. The molecule has 8 atom stereocenters. The second kappa shape index (κ2) is 24.7. The molecule has 4 rings (SSSR count). The van der Waals surface area contributed by atoms with E-state index >= 15 is 0 Å². The normalized spacial score (nSPS) is 14.8. The molecule has 0 aliphatic carbocycles. The van der Waals surface area contributed by atoms with Gasteiger partial charge in [-0.15, -0.1) is 0 Å². The summed E-state index contributed by atoms with van der Waals surface area (Å²) in [5, 5.41) is 26.5. The maximum absolute atomic E-state index is 14.5. The van der Waals surface area contributed by atoms with Crippen LogP contribution in [0.5, 0.6) is 0 Å². The first kappa shape index (κ1) is 50.6. The molecule has 0 saturated heterocycles. The van der Waals surface area contributed by atoms with Crippen molar-refractivity contribution in [3.05, 3.63) is 108 Å². The Morgan fingerprint density at radius 2 is 1.00 bits per heavy atom. The highest BCUT2D eigenvalue weighted by Gasteiger charge is 2.36. The van der Waals surface area contributed by atoms with Gasteiger partial charge in [-0.3, -0.25) is 38.4 Å². The lowest BCUT2D eigenvalue weighted by atomic mass is 9.94. The number of hydrogen-bond donors (Lipinski definition) is 9. The fourth-order valence-electron chi connectivity index (χ4n) is 7.35. The molecule has 0 aliphatic rings. The van der Waals surface area contributed by atoms with E-state index in [2.05, 4.69) is 36.9 Å². The number of aromatic nitrogens is 1. The van der Waals surface area contributed by atoms with E-state index in [1.807, 2.05) is 68.4 Å². The van der Waals surface area contributed by atoms with Gasteiger partial charge in [-0.05, 0) is 41.0 Å². The highest BCUT2D eigenvalue weighted by molar-refractivity contribution is 5.98. The van der Waals surface area contributed by atoms with Gasteiger partial charge in [0, 0.05) is 49.7 Å². The minimum atomic E-state index is -1.35. The monoisotopic (exact) mass is 894 g/mol. The zero-order chi connectivity index (χ0) is 47.6. The Kier molecular flexibility index (Phi) is 19.2. The number of hydrogen-bond acceptors (Lipinski definition) is 8. The zero-order valence-corrected chi connectivity index (χ0v) is 37.5. The lowest BCUT2D eigenvalue weighted by molar-refractivity contribution is -0.138. The van der Waals surface area contributed by atoms with Crippen molar-refractivity contribution < 1.29 is 43.5 Å². The summed E-state index contributed by atoms with van der Waals surface area (Å²) in [6, 6.07) is 18.0. The molecule has 17 nitrogen and oxygen atoms in total. The van der Waals surface area contributed by atoms with Crippen LogP contribution in [0.3, 0.4) is 0 Å². The zero-order valence-electron chi connectivity index (χ0n) is 37.5. The summed E-state index contributed by atoms with van der Waals surface area (Å²) in [6.07, 6.45) is 1.96. The number of carbonyl (C=O) groups excluding carboxylic acids is 7. The molecule has 17 heteroatoms. The van der Waals surface area contributed by atoms with Crippen molar-refractivity contribution in [1.29, 1.82) is 0 Å². The van der Waals surface area contributed by atoms with E-state index in [0.717, 1.165) is 16.5 Å². The molecule has 1 aromatic heterocycles. The average Bonchev–Trinajstić information content (AvgIpc) is 3.69. The van der Waals surface area contributed by atoms with Gasteiger partial charge < -0.3 is 47.7 Å². The van der Waals surface area contributed by atoms with E-state index in [0.29, 0.717) is 24.0 Å². The minimum Gasteiger partial charge on any atom is -0.481 e. The van der Waals surface area contributed by atoms with Crippen LogP contribution in [0.25, 0.3) is 10.9 Å². The van der Waals surface area contributed by atoms with Gasteiger partial charge in [0.15, 0.2) is 0 Å². The number of H-pyrrole nitrogens is 1. The largest absolute Gasteiger partial charge is 0.481 e. The van der Waals surface area contributed by atoms with Crippen LogP contribution in [0.1, 0.15) is 77.0 Å². The van der Waals surface area contributed by atoms with Crippen molar-refractivity contribution in [3.63, 3.8) is 0 Å². The third-order valence-corrected chi connectivity index (χ3v) is 11.5. The standard InChI is InChI=1S/C48H62N8O9/c1-6-28(3)41(56-48(65)42(29(4)7-2)55-46(63)37(51-30(5)57)24-31-16-10-8-11-17-31)47(64)54-39(26-33-27-50-35-21-15-14-20-34(33)35)45(62)53-38(25-32-18-12-9-13-19-32)44(61)52-36(43(49)60)22-23-40(58)59/h8-21,27-29,36-39,41-42,50H,6-7,22-26H2,1-5H3,(H2,49,60)(H,51,57)(H,52,61)(H,53,62)(H,54,64)(H,55,63)(H,56,65)(H,58,59)/t28-,29-,36-,37-,38-,39-,41-,42-/m0/s1. The smallest absolute Gasteiger partial charge is 0.303 e. The predicted octanol–water partition coefficient (Wildman–Crippen LogP) is 2.57. The van der Waals surface area contributed by atoms with Crippen LogP contribution in [0, 0.1) is 11.8 Å². The van der Waals surface area contributed by atoms with E-state index in [1.54, 1.807) is 50.4 Å². The molecule has 0 spiro atoms. The van der Waals surface area contributed by atoms with Gasteiger partial charge in [0.1, 0.15) is 36.3 Å². The van der Waals surface area contributed by atoms with Crippen LogP contribution in [0.4, 0.5) is 0 Å². The molecule has 3 aromatic carbocycles. The van der Waals surface area contributed by atoms with Gasteiger partial charge in [0.25, 0.3) is 0 Å². The number of fused-ring (bicyclic) bond motifs is 1. The number of aromatic amines is 1. The number of nitrogens with two attached hydrogens (primary N) is 1. The van der Waals surface area contributed by atoms with Gasteiger partial charge in [-0.2, -0.15) is 0 Å². The number of carboxylic acids is 1. The van der Waals surface area contributed by atoms with E-state index in [4.69, 9.17) is 5.73 Å². The number of benzene rings is 3. The van der Waals surface area contributed by atoms with Crippen molar-refractivity contribution in [3.8, 4) is 0 Å². The summed E-state index contributed by atoms with van der Waals surface area (Å²) in [7, 11) is 0. The van der Waals surface area contributed by atoms with Gasteiger partial charge in [0.05, 0.1) is 0 Å². The van der Waals surface area contributed by atoms with Gasteiger partial charge in [-0.1, -0.05) is 119 Å². The average molecular weight is 895 g/mol. The summed E-state index contributed by atoms with van der Waals surface area (Å²) < 4.78 is 0. The van der Waals surface area contributed by atoms with Crippen LogP contribution >= 0.6 is 0 Å². The number of carbonyl (C=O) groups is 8. The quantitative estimate of drug-likeness (QED) is 0.0473. The van der Waals surface area contributed by atoms with Gasteiger partial charge in [0.2, 0.25) is 41.4 Å². The summed E-state index contributed by atoms with van der Waals surface area (Å²) in [5.74, 6) is -6.94. The first-order valence-electron chi connectivity index (χ1n) is 21.9. The molecule has 0 aliphatic heterocycles. The Bertz CT molecular complexity index is 2270. The first-order chi connectivity index (χ1) is 31.0. The first-order valence-corrected chi connectivity index (χ1v) is 21.9. The molecule has 65 heavy (non-hydrogen) atoms. The summed E-state index contributed by atoms with van der Waals surface area (Å²) in [6.45, 7) is 8.55. The van der Waals surface area contributed by atoms with Crippen LogP contribution in [-0.4, -0.2) is 93.7 Å². The highest BCUT2D eigenvalue weighted by atomic mass is 16.4. The van der Waals surface area contributed by atoms with Crippen molar-refractivity contribution in [1.82, 2.24) is 36.9 Å². The van der Waals surface area contributed by atoms with Crippen molar-refractivity contribution in [2.24, 2.45) is 17.6 Å². The minimum absolute atomic E-state index is 0.0427. The summed E-state index contributed by atoms with van der Waals surface area (Å²) in [5.41, 5.74) is 8.41. The molecule has 0 fully saturated rings. The number of aliphatic carboxylic acids is 1. The second-order valence-corrected chi connectivity index (χ2v) is 16.5. The molecular formula is C48H62N8O9. The van der Waals surface area contributed by atoms with Crippen LogP contribution in [0.2, 0.25) is 0 Å². The van der Waals surface area contributed by atoms with E-state index in [9.17, 15) is 43.5 Å². The summed E-state index contributed by atoms with van der Waals surface area (Å²) >= 11 is 0. The Balaban J connectivity index is 1.65. The Hall–Kier alpha value is -7.04. The Morgan fingerprint density at radius 3 is 1.51 bits per heavy atom. The number of carboxylic acid groups (broad SMARTS) is 1. The van der Waals surface area contributed by atoms with Gasteiger partial charge in [-0.25, -0.2) is 0 Å².